The van der Waals surface area contributed by atoms with E-state index >= 15 is 0 Å². The second-order valence-corrected chi connectivity index (χ2v) is 6.03. The zero-order valence-corrected chi connectivity index (χ0v) is 12.5. The molecule has 2 saturated heterocycles. The molecule has 1 N–H and O–H groups in total. The molecule has 0 aromatic heterocycles. The molecular weight excluding hydrogens is 238 g/mol. The fourth-order valence-corrected chi connectivity index (χ4v) is 3.32. The van der Waals surface area contributed by atoms with E-state index in [0.717, 1.165) is 26.2 Å². The molecule has 0 bridgehead atoms. The van der Waals surface area contributed by atoms with Crippen molar-refractivity contribution in [3.8, 4) is 0 Å². The Morgan fingerprint density at radius 2 is 2.00 bits per heavy atom. The minimum atomic E-state index is 0.109. The van der Waals surface area contributed by atoms with E-state index in [1.165, 1.54) is 38.8 Å². The Kier molecular flexibility index (Phi) is 5.64. The van der Waals surface area contributed by atoms with E-state index in [4.69, 9.17) is 0 Å². The number of hydrogen-bond acceptors (Lipinski definition) is 3. The number of nitrogens with zero attached hydrogens (tertiary/aromatic N) is 2. The molecule has 2 aliphatic rings. The van der Waals surface area contributed by atoms with Crippen LogP contribution in [0.5, 0.6) is 0 Å². The van der Waals surface area contributed by atoms with Gasteiger partial charge in [0.1, 0.15) is 0 Å². The van der Waals surface area contributed by atoms with Crippen LogP contribution in [0.2, 0.25) is 0 Å². The molecule has 4 nitrogen and oxygen atoms in total. The molecular formula is C15H29N3O. The van der Waals surface area contributed by atoms with Crippen LogP contribution in [-0.2, 0) is 4.79 Å². The van der Waals surface area contributed by atoms with Crippen LogP contribution in [-0.4, -0.2) is 61.0 Å². The number of nitrogens with one attached hydrogen (secondary N) is 1. The molecule has 2 aliphatic heterocycles. The topological polar surface area (TPSA) is 35.6 Å². The molecule has 19 heavy (non-hydrogen) atoms. The molecule has 2 heterocycles. The summed E-state index contributed by atoms with van der Waals surface area (Å²) in [6, 6.07) is 0.617. The second kappa shape index (κ2) is 7.25. The van der Waals surface area contributed by atoms with Gasteiger partial charge in [0.05, 0.1) is 0 Å². The molecule has 2 fully saturated rings. The highest BCUT2D eigenvalue weighted by molar-refractivity contribution is 5.78. The van der Waals surface area contributed by atoms with Crippen molar-refractivity contribution in [3.63, 3.8) is 0 Å². The lowest BCUT2D eigenvalue weighted by atomic mass is 10.0. The van der Waals surface area contributed by atoms with E-state index in [-0.39, 0.29) is 5.92 Å². The highest BCUT2D eigenvalue weighted by atomic mass is 16.2. The number of rotatable bonds is 5. The Morgan fingerprint density at radius 1 is 1.26 bits per heavy atom. The summed E-state index contributed by atoms with van der Waals surface area (Å²) in [7, 11) is 0. The van der Waals surface area contributed by atoms with Crippen LogP contribution in [0.1, 0.15) is 39.5 Å². The largest absolute Gasteiger partial charge is 0.341 e. The van der Waals surface area contributed by atoms with Crippen molar-refractivity contribution in [2.45, 2.75) is 45.6 Å². The van der Waals surface area contributed by atoms with Gasteiger partial charge in [0.15, 0.2) is 0 Å². The Balaban J connectivity index is 1.83. The van der Waals surface area contributed by atoms with Crippen LogP contribution in [0, 0.1) is 5.92 Å². The van der Waals surface area contributed by atoms with Gasteiger partial charge < -0.3 is 10.2 Å². The number of amides is 1. The Hall–Kier alpha value is -0.610. The van der Waals surface area contributed by atoms with E-state index in [0.29, 0.717) is 11.9 Å². The summed E-state index contributed by atoms with van der Waals surface area (Å²) in [6.45, 7) is 10.3. The quantitative estimate of drug-likeness (QED) is 0.816. The zero-order valence-electron chi connectivity index (χ0n) is 12.5. The van der Waals surface area contributed by atoms with Gasteiger partial charge in [0.2, 0.25) is 5.91 Å². The number of carbonyl (C=O) groups is 1. The van der Waals surface area contributed by atoms with Crippen LogP contribution in [0.3, 0.4) is 0 Å². The number of piperidine rings is 1. The molecule has 2 unspecified atom stereocenters. The fraction of sp³-hybridized carbons (Fsp3) is 0.933. The molecule has 1 amide bonds. The van der Waals surface area contributed by atoms with E-state index in [9.17, 15) is 4.79 Å². The van der Waals surface area contributed by atoms with Crippen LogP contribution in [0.4, 0.5) is 0 Å². The number of hydrogen-bond donors (Lipinski definition) is 1. The van der Waals surface area contributed by atoms with Gasteiger partial charge in [0, 0.05) is 31.6 Å². The molecule has 0 aromatic rings. The van der Waals surface area contributed by atoms with Gasteiger partial charge >= 0.3 is 0 Å². The van der Waals surface area contributed by atoms with Crippen molar-refractivity contribution in [2.24, 2.45) is 5.92 Å². The van der Waals surface area contributed by atoms with Gasteiger partial charge in [-0.1, -0.05) is 13.8 Å². The first-order valence-corrected chi connectivity index (χ1v) is 7.96. The van der Waals surface area contributed by atoms with Crippen LogP contribution in [0.15, 0.2) is 0 Å². The van der Waals surface area contributed by atoms with Crippen molar-refractivity contribution in [1.82, 2.24) is 15.1 Å². The third-order valence-corrected chi connectivity index (χ3v) is 4.49. The van der Waals surface area contributed by atoms with Gasteiger partial charge in [-0.15, -0.1) is 0 Å². The Labute approximate surface area is 117 Å². The van der Waals surface area contributed by atoms with Crippen molar-refractivity contribution < 1.29 is 4.79 Å². The minimum absolute atomic E-state index is 0.109. The second-order valence-electron chi connectivity index (χ2n) is 6.03. The lowest BCUT2D eigenvalue weighted by Crippen LogP contribution is -2.51. The average Bonchev–Trinajstić information content (AvgIpc) is 2.98. The summed E-state index contributed by atoms with van der Waals surface area (Å²) in [5.41, 5.74) is 0. The Bertz CT molecular complexity index is 289. The maximum Gasteiger partial charge on any atom is 0.226 e. The maximum absolute atomic E-state index is 12.4. The van der Waals surface area contributed by atoms with Gasteiger partial charge in [0.25, 0.3) is 0 Å². The van der Waals surface area contributed by atoms with Crippen molar-refractivity contribution >= 4 is 5.91 Å². The maximum atomic E-state index is 12.4. The molecule has 2 atom stereocenters. The minimum Gasteiger partial charge on any atom is -0.341 e. The standard InChI is InChI=1S/C15H29N3O/c1-3-16-11-13(2)15(19)18-10-6-7-14(12-18)17-8-4-5-9-17/h13-14,16H,3-12H2,1-2H3. The summed E-state index contributed by atoms with van der Waals surface area (Å²) < 4.78 is 0. The first kappa shape index (κ1) is 14.8. The van der Waals surface area contributed by atoms with Crippen LogP contribution in [0.25, 0.3) is 0 Å². The first-order chi connectivity index (χ1) is 9.22. The summed E-state index contributed by atoms with van der Waals surface area (Å²) in [5, 5.41) is 3.28. The molecule has 0 aromatic carbocycles. The number of carbonyl (C=O) groups excluding carboxylic acids is 1. The highest BCUT2D eigenvalue weighted by Crippen LogP contribution is 2.21. The summed E-state index contributed by atoms with van der Waals surface area (Å²) in [4.78, 5) is 17.1. The highest BCUT2D eigenvalue weighted by Gasteiger charge is 2.30. The van der Waals surface area contributed by atoms with E-state index < -0.39 is 0 Å². The summed E-state index contributed by atoms with van der Waals surface area (Å²) >= 11 is 0. The predicted molar refractivity (Wildman–Crippen MR) is 78.1 cm³/mol. The predicted octanol–water partition coefficient (Wildman–Crippen LogP) is 1.32. The van der Waals surface area contributed by atoms with Crippen molar-refractivity contribution in [2.75, 3.05) is 39.3 Å². The fourth-order valence-electron chi connectivity index (χ4n) is 3.32. The van der Waals surface area contributed by atoms with Gasteiger partial charge in [-0.2, -0.15) is 0 Å². The first-order valence-electron chi connectivity index (χ1n) is 7.96. The summed E-state index contributed by atoms with van der Waals surface area (Å²) in [5.74, 6) is 0.446. The third-order valence-electron chi connectivity index (χ3n) is 4.49. The smallest absolute Gasteiger partial charge is 0.226 e. The molecule has 0 saturated carbocycles. The molecule has 0 aliphatic carbocycles. The van der Waals surface area contributed by atoms with E-state index in [1.807, 2.05) is 6.92 Å². The van der Waals surface area contributed by atoms with Crippen molar-refractivity contribution in [1.29, 1.82) is 0 Å². The van der Waals surface area contributed by atoms with E-state index in [2.05, 4.69) is 22.0 Å². The van der Waals surface area contributed by atoms with Crippen molar-refractivity contribution in [3.05, 3.63) is 0 Å². The molecule has 0 radical (unpaired) electrons. The van der Waals surface area contributed by atoms with Gasteiger partial charge in [-0.3, -0.25) is 9.69 Å². The lowest BCUT2D eigenvalue weighted by Gasteiger charge is -2.38. The zero-order chi connectivity index (χ0) is 13.7. The SMILES string of the molecule is CCNCC(C)C(=O)N1CCCC(N2CCCC2)C1. The monoisotopic (exact) mass is 267 g/mol. The molecule has 2 rings (SSSR count). The lowest BCUT2D eigenvalue weighted by molar-refractivity contribution is -0.137. The van der Waals surface area contributed by atoms with Gasteiger partial charge in [-0.05, 0) is 45.3 Å². The van der Waals surface area contributed by atoms with Crippen LogP contribution >= 0.6 is 0 Å². The third kappa shape index (κ3) is 3.93. The molecule has 4 heteroatoms. The number of likely N-dealkylation sites (tertiary alicyclic amines) is 2. The molecule has 0 spiro atoms. The van der Waals surface area contributed by atoms with Crippen LogP contribution < -0.4 is 5.32 Å². The Morgan fingerprint density at radius 3 is 2.68 bits per heavy atom. The summed E-state index contributed by atoms with van der Waals surface area (Å²) in [6.07, 6.45) is 5.11. The van der Waals surface area contributed by atoms with Gasteiger partial charge in [-0.25, -0.2) is 0 Å². The average molecular weight is 267 g/mol. The van der Waals surface area contributed by atoms with E-state index in [1.54, 1.807) is 0 Å². The molecule has 110 valence electrons. The normalized spacial score (nSPS) is 26.6.